The molecule has 180 valence electrons. The third-order valence-electron chi connectivity index (χ3n) is 5.81. The van der Waals surface area contributed by atoms with Crippen molar-refractivity contribution in [1.29, 1.82) is 0 Å². The fraction of sp³-hybridized carbons (Fsp3) is 0.120. The number of methoxy groups -OCH3 is 1. The zero-order valence-corrected chi connectivity index (χ0v) is 19.4. The van der Waals surface area contributed by atoms with E-state index in [-0.39, 0.29) is 11.6 Å². The molecule has 2 aromatic carbocycles. The molecule has 36 heavy (non-hydrogen) atoms. The Bertz CT molecular complexity index is 1480. The fourth-order valence-corrected chi connectivity index (χ4v) is 4.09. The van der Waals surface area contributed by atoms with Gasteiger partial charge in [-0.05, 0) is 48.9 Å². The summed E-state index contributed by atoms with van der Waals surface area (Å²) >= 11 is 0. The predicted octanol–water partition coefficient (Wildman–Crippen LogP) is 4.18. The topological polar surface area (TPSA) is 137 Å². The smallest absolute Gasteiger partial charge is 0.269 e. The molecule has 0 fully saturated rings. The molecule has 11 nitrogen and oxygen atoms in total. The molecule has 0 saturated carbocycles. The maximum atomic E-state index is 13.6. The van der Waals surface area contributed by atoms with Gasteiger partial charge in [0.25, 0.3) is 11.6 Å². The Morgan fingerprint density at radius 3 is 2.53 bits per heavy atom. The van der Waals surface area contributed by atoms with Gasteiger partial charge in [-0.2, -0.15) is 4.98 Å². The number of pyridine rings is 1. The molecule has 4 aromatic rings. The van der Waals surface area contributed by atoms with E-state index in [0.717, 1.165) is 5.56 Å². The van der Waals surface area contributed by atoms with E-state index in [2.05, 4.69) is 25.7 Å². The number of anilines is 2. The molecule has 3 heterocycles. The van der Waals surface area contributed by atoms with Crippen molar-refractivity contribution in [3.8, 4) is 17.1 Å². The first-order valence-corrected chi connectivity index (χ1v) is 11.0. The molecule has 11 heteroatoms. The van der Waals surface area contributed by atoms with Gasteiger partial charge in [-0.25, -0.2) is 4.68 Å². The number of rotatable bonds is 6. The number of nitrogens with one attached hydrogen (secondary N) is 2. The van der Waals surface area contributed by atoms with E-state index >= 15 is 0 Å². The lowest BCUT2D eigenvalue weighted by Crippen LogP contribution is -2.31. The number of para-hydroxylation sites is 2. The summed E-state index contributed by atoms with van der Waals surface area (Å²) in [5, 5.41) is 21.8. The van der Waals surface area contributed by atoms with Crippen LogP contribution in [0.5, 0.6) is 5.75 Å². The third-order valence-corrected chi connectivity index (χ3v) is 5.81. The highest BCUT2D eigenvalue weighted by Crippen LogP contribution is 2.37. The number of hydrogen-bond acceptors (Lipinski definition) is 8. The van der Waals surface area contributed by atoms with Crippen molar-refractivity contribution in [3.05, 3.63) is 100 Å². The lowest BCUT2D eigenvalue weighted by atomic mass is 9.96. The molecule has 2 aromatic heterocycles. The van der Waals surface area contributed by atoms with Crippen LogP contribution in [0.1, 0.15) is 18.5 Å². The van der Waals surface area contributed by atoms with Gasteiger partial charge in [0.05, 0.1) is 23.3 Å². The second-order valence-corrected chi connectivity index (χ2v) is 8.01. The highest BCUT2D eigenvalue weighted by Gasteiger charge is 2.34. The molecule has 5 rings (SSSR count). The summed E-state index contributed by atoms with van der Waals surface area (Å²) < 4.78 is 7.01. The molecule has 0 radical (unpaired) electrons. The normalized spacial score (nSPS) is 14.6. The van der Waals surface area contributed by atoms with Crippen molar-refractivity contribution in [2.75, 3.05) is 17.7 Å². The van der Waals surface area contributed by atoms with Crippen LogP contribution in [0.4, 0.5) is 17.3 Å². The van der Waals surface area contributed by atoms with Crippen LogP contribution < -0.4 is 15.4 Å². The van der Waals surface area contributed by atoms with Gasteiger partial charge in [-0.1, -0.05) is 12.1 Å². The monoisotopic (exact) mass is 483 g/mol. The minimum Gasteiger partial charge on any atom is -0.495 e. The minimum atomic E-state index is -0.599. The summed E-state index contributed by atoms with van der Waals surface area (Å²) in [6.45, 7) is 1.80. The molecule has 1 atom stereocenters. The average Bonchev–Trinajstić information content (AvgIpc) is 3.32. The van der Waals surface area contributed by atoms with Crippen LogP contribution in [0.2, 0.25) is 0 Å². The Morgan fingerprint density at radius 1 is 1.11 bits per heavy atom. The molecule has 1 unspecified atom stereocenters. The van der Waals surface area contributed by atoms with E-state index in [1.165, 1.54) is 12.1 Å². The van der Waals surface area contributed by atoms with Crippen LogP contribution in [0.3, 0.4) is 0 Å². The van der Waals surface area contributed by atoms with Crippen LogP contribution in [-0.2, 0) is 4.79 Å². The molecule has 0 aliphatic carbocycles. The molecule has 1 amide bonds. The number of fused-ring (bicyclic) bond motifs is 1. The lowest BCUT2D eigenvalue weighted by Gasteiger charge is -2.28. The van der Waals surface area contributed by atoms with Gasteiger partial charge in [-0.3, -0.25) is 19.9 Å². The first kappa shape index (κ1) is 22.7. The predicted molar refractivity (Wildman–Crippen MR) is 132 cm³/mol. The second-order valence-electron chi connectivity index (χ2n) is 8.01. The van der Waals surface area contributed by atoms with Crippen molar-refractivity contribution in [3.63, 3.8) is 0 Å². The van der Waals surface area contributed by atoms with E-state index in [9.17, 15) is 14.9 Å². The zero-order valence-electron chi connectivity index (χ0n) is 19.4. The number of hydrogen-bond donors (Lipinski definition) is 2. The summed E-state index contributed by atoms with van der Waals surface area (Å²) in [6, 6.07) is 16.2. The number of nitro benzene ring substituents is 1. The quantitative estimate of drug-likeness (QED) is 0.308. The number of carbonyl (C=O) groups is 1. The van der Waals surface area contributed by atoms with Gasteiger partial charge in [-0.15, -0.1) is 5.10 Å². The molecule has 1 aliphatic rings. The molecule has 0 bridgehead atoms. The Morgan fingerprint density at radius 2 is 1.83 bits per heavy atom. The molecular weight excluding hydrogens is 462 g/mol. The minimum absolute atomic E-state index is 0.0247. The number of carbonyl (C=O) groups excluding carboxylic acids is 1. The van der Waals surface area contributed by atoms with E-state index < -0.39 is 11.0 Å². The van der Waals surface area contributed by atoms with Crippen LogP contribution in [-0.4, -0.2) is 37.7 Å². The molecule has 0 spiro atoms. The summed E-state index contributed by atoms with van der Waals surface area (Å²) in [4.78, 5) is 32.9. The number of allylic oxidation sites excluding steroid dienone is 1. The largest absolute Gasteiger partial charge is 0.495 e. The first-order valence-electron chi connectivity index (χ1n) is 11.0. The first-order chi connectivity index (χ1) is 17.5. The van der Waals surface area contributed by atoms with Crippen molar-refractivity contribution in [2.45, 2.75) is 13.0 Å². The molecule has 2 N–H and O–H groups in total. The standard InChI is InChI=1S/C25H21N7O4/c1-15-21(24(33)28-19-5-3-4-6-20(19)36-2)22(16-11-13-26-14-12-16)31-25(27-15)29-23(30-31)17-7-9-18(10-8-17)32(34)35/h3-14,22H,1-2H3,(H,28,33)(H,27,29,30). The number of non-ortho nitro benzene ring substituents is 1. The summed E-state index contributed by atoms with van der Waals surface area (Å²) in [7, 11) is 1.54. The fourth-order valence-electron chi connectivity index (χ4n) is 4.09. The second kappa shape index (κ2) is 9.29. The van der Waals surface area contributed by atoms with Gasteiger partial charge >= 0.3 is 0 Å². The Hall–Kier alpha value is -5.06. The summed E-state index contributed by atoms with van der Waals surface area (Å²) in [5.74, 6) is 1.02. The summed E-state index contributed by atoms with van der Waals surface area (Å²) in [5.41, 5.74) is 2.96. The highest BCUT2D eigenvalue weighted by molar-refractivity contribution is 6.06. The highest BCUT2D eigenvalue weighted by atomic mass is 16.6. The Balaban J connectivity index is 1.56. The van der Waals surface area contributed by atoms with Gasteiger partial charge in [0.2, 0.25) is 5.95 Å². The van der Waals surface area contributed by atoms with Crippen LogP contribution in [0.15, 0.2) is 84.3 Å². The van der Waals surface area contributed by atoms with Gasteiger partial charge in [0.15, 0.2) is 5.82 Å². The molecule has 1 aliphatic heterocycles. The summed E-state index contributed by atoms with van der Waals surface area (Å²) in [6.07, 6.45) is 3.30. The van der Waals surface area contributed by atoms with E-state index in [1.54, 1.807) is 55.4 Å². The van der Waals surface area contributed by atoms with Gasteiger partial charge in [0.1, 0.15) is 11.8 Å². The van der Waals surface area contributed by atoms with E-state index in [1.807, 2.05) is 24.3 Å². The molecule has 0 saturated heterocycles. The Labute approximate surface area is 205 Å². The van der Waals surface area contributed by atoms with Crippen molar-refractivity contribution in [2.24, 2.45) is 0 Å². The van der Waals surface area contributed by atoms with Crippen molar-refractivity contribution >= 4 is 23.2 Å². The van der Waals surface area contributed by atoms with Gasteiger partial charge < -0.3 is 15.4 Å². The van der Waals surface area contributed by atoms with Crippen LogP contribution in [0, 0.1) is 10.1 Å². The number of benzene rings is 2. The SMILES string of the molecule is COc1ccccc1NC(=O)C1=C(C)Nc2nc(-c3ccc([N+](=O)[O-])cc3)nn2C1c1ccncc1. The maximum absolute atomic E-state index is 13.6. The van der Waals surface area contributed by atoms with Crippen LogP contribution >= 0.6 is 0 Å². The maximum Gasteiger partial charge on any atom is 0.269 e. The number of nitrogens with zero attached hydrogens (tertiary/aromatic N) is 5. The lowest BCUT2D eigenvalue weighted by molar-refractivity contribution is -0.384. The number of aromatic nitrogens is 4. The van der Waals surface area contributed by atoms with E-state index in [0.29, 0.717) is 40.0 Å². The zero-order chi connectivity index (χ0) is 25.2. The van der Waals surface area contributed by atoms with Crippen LogP contribution in [0.25, 0.3) is 11.4 Å². The van der Waals surface area contributed by atoms with E-state index in [4.69, 9.17) is 4.74 Å². The van der Waals surface area contributed by atoms with Crippen molar-refractivity contribution in [1.82, 2.24) is 19.7 Å². The number of ether oxygens (including phenoxy) is 1. The van der Waals surface area contributed by atoms with Crippen molar-refractivity contribution < 1.29 is 14.5 Å². The van der Waals surface area contributed by atoms with Gasteiger partial charge in [0, 0.05) is 35.8 Å². The third kappa shape index (κ3) is 4.13. The number of nitro groups is 1. The average molecular weight is 483 g/mol. The molecular formula is C25H21N7O4. The number of amides is 1. The Kier molecular flexibility index (Phi) is 5.87.